The molecule has 0 saturated heterocycles. The first kappa shape index (κ1) is 17.6. The highest BCUT2D eigenvalue weighted by Crippen LogP contribution is 2.16. The number of benzene rings is 2. The number of carbonyl (C=O) groups excluding carboxylic acids is 1. The molecular formula is C21H20N2O3. The molecule has 3 aromatic rings. The zero-order chi connectivity index (χ0) is 18.4. The Morgan fingerprint density at radius 1 is 0.962 bits per heavy atom. The molecule has 0 fully saturated rings. The standard InChI is InChI=1S/C21H20N2O3/c1-2-16-8-10-18(11-9-16)19-12-13-20(24)23(22-19)14-21(25)26-15-17-6-4-3-5-7-17/h3-13H,2,14-15H2,1H3. The Morgan fingerprint density at radius 3 is 2.38 bits per heavy atom. The van der Waals surface area contributed by atoms with Gasteiger partial charge in [0, 0.05) is 11.6 Å². The highest BCUT2D eigenvalue weighted by Gasteiger charge is 2.09. The molecule has 5 heteroatoms. The molecule has 0 N–H and O–H groups in total. The molecular weight excluding hydrogens is 328 g/mol. The minimum Gasteiger partial charge on any atom is -0.459 e. The van der Waals surface area contributed by atoms with Gasteiger partial charge in [0.05, 0.1) is 5.69 Å². The summed E-state index contributed by atoms with van der Waals surface area (Å²) in [4.78, 5) is 24.1. The third-order valence-corrected chi connectivity index (χ3v) is 4.05. The Kier molecular flexibility index (Phi) is 5.59. The molecule has 0 amide bonds. The third-order valence-electron chi connectivity index (χ3n) is 4.05. The van der Waals surface area contributed by atoms with Gasteiger partial charge < -0.3 is 4.74 Å². The minimum absolute atomic E-state index is 0.173. The summed E-state index contributed by atoms with van der Waals surface area (Å²) in [6.07, 6.45) is 0.959. The zero-order valence-corrected chi connectivity index (χ0v) is 14.6. The van der Waals surface area contributed by atoms with Crippen molar-refractivity contribution < 1.29 is 9.53 Å². The Balaban J connectivity index is 1.71. The van der Waals surface area contributed by atoms with Crippen LogP contribution in [-0.4, -0.2) is 15.7 Å². The van der Waals surface area contributed by atoms with Crippen LogP contribution in [0.4, 0.5) is 0 Å². The van der Waals surface area contributed by atoms with Crippen LogP contribution in [0.2, 0.25) is 0 Å². The van der Waals surface area contributed by atoms with E-state index in [0.29, 0.717) is 5.69 Å². The van der Waals surface area contributed by atoms with Crippen LogP contribution in [0, 0.1) is 0 Å². The Labute approximate surface area is 151 Å². The summed E-state index contributed by atoms with van der Waals surface area (Å²) in [6, 6.07) is 20.5. The van der Waals surface area contributed by atoms with E-state index in [4.69, 9.17) is 4.74 Å². The summed E-state index contributed by atoms with van der Waals surface area (Å²) in [5, 5.41) is 4.30. The number of aryl methyl sites for hydroxylation is 1. The predicted octanol–water partition coefficient (Wildman–Crippen LogP) is 3.22. The molecule has 0 bridgehead atoms. The molecule has 0 unspecified atom stereocenters. The smallest absolute Gasteiger partial charge is 0.328 e. The van der Waals surface area contributed by atoms with Crippen molar-refractivity contribution in [2.45, 2.75) is 26.5 Å². The van der Waals surface area contributed by atoms with Crippen molar-refractivity contribution in [3.63, 3.8) is 0 Å². The number of aromatic nitrogens is 2. The third kappa shape index (κ3) is 4.45. The number of esters is 1. The van der Waals surface area contributed by atoms with Crippen LogP contribution in [0.5, 0.6) is 0 Å². The fourth-order valence-corrected chi connectivity index (χ4v) is 2.53. The van der Waals surface area contributed by atoms with Gasteiger partial charge in [-0.25, -0.2) is 4.68 Å². The average molecular weight is 348 g/mol. The van der Waals surface area contributed by atoms with Crippen molar-refractivity contribution in [2.24, 2.45) is 0 Å². The van der Waals surface area contributed by atoms with Crippen LogP contribution >= 0.6 is 0 Å². The Hall–Kier alpha value is -3.21. The first-order valence-electron chi connectivity index (χ1n) is 8.52. The molecule has 3 rings (SSSR count). The molecule has 5 nitrogen and oxygen atoms in total. The molecule has 0 spiro atoms. The lowest BCUT2D eigenvalue weighted by molar-refractivity contribution is -0.146. The van der Waals surface area contributed by atoms with Crippen molar-refractivity contribution in [3.8, 4) is 11.3 Å². The summed E-state index contributed by atoms with van der Waals surface area (Å²) >= 11 is 0. The van der Waals surface area contributed by atoms with E-state index < -0.39 is 5.97 Å². The van der Waals surface area contributed by atoms with E-state index in [9.17, 15) is 9.59 Å². The fourth-order valence-electron chi connectivity index (χ4n) is 2.53. The maximum atomic E-state index is 12.0. The van der Waals surface area contributed by atoms with Gasteiger partial charge in [-0.15, -0.1) is 0 Å². The molecule has 132 valence electrons. The van der Waals surface area contributed by atoms with Crippen molar-refractivity contribution in [1.29, 1.82) is 0 Å². The van der Waals surface area contributed by atoms with Crippen molar-refractivity contribution in [1.82, 2.24) is 9.78 Å². The van der Waals surface area contributed by atoms with E-state index in [1.807, 2.05) is 54.6 Å². The van der Waals surface area contributed by atoms with Gasteiger partial charge in [-0.3, -0.25) is 9.59 Å². The number of nitrogens with zero attached hydrogens (tertiary/aromatic N) is 2. The van der Waals surface area contributed by atoms with Gasteiger partial charge in [-0.1, -0.05) is 61.5 Å². The number of carbonyl (C=O) groups is 1. The molecule has 1 aromatic heterocycles. The highest BCUT2D eigenvalue weighted by molar-refractivity contribution is 5.69. The predicted molar refractivity (Wildman–Crippen MR) is 99.5 cm³/mol. The summed E-state index contributed by atoms with van der Waals surface area (Å²) in [7, 11) is 0. The van der Waals surface area contributed by atoms with E-state index in [-0.39, 0.29) is 18.7 Å². The second-order valence-corrected chi connectivity index (χ2v) is 5.91. The van der Waals surface area contributed by atoms with E-state index in [2.05, 4.69) is 12.0 Å². The molecule has 1 heterocycles. The Bertz CT molecular complexity index is 931. The summed E-state index contributed by atoms with van der Waals surface area (Å²) in [5.41, 5.74) is 3.32. The molecule has 0 aliphatic rings. The summed E-state index contributed by atoms with van der Waals surface area (Å²) in [5.74, 6) is -0.498. The van der Waals surface area contributed by atoms with Crippen LogP contribution in [0.1, 0.15) is 18.1 Å². The van der Waals surface area contributed by atoms with Crippen LogP contribution in [-0.2, 0) is 29.1 Å². The normalized spacial score (nSPS) is 10.5. The first-order valence-corrected chi connectivity index (χ1v) is 8.52. The topological polar surface area (TPSA) is 61.2 Å². The lowest BCUT2D eigenvalue weighted by atomic mass is 10.1. The van der Waals surface area contributed by atoms with Crippen LogP contribution in [0.3, 0.4) is 0 Å². The summed E-state index contributed by atoms with van der Waals surface area (Å²) < 4.78 is 6.36. The Morgan fingerprint density at radius 2 is 1.69 bits per heavy atom. The number of rotatable bonds is 6. The monoisotopic (exact) mass is 348 g/mol. The molecule has 26 heavy (non-hydrogen) atoms. The van der Waals surface area contributed by atoms with E-state index in [1.165, 1.54) is 11.6 Å². The molecule has 0 aliphatic carbocycles. The largest absolute Gasteiger partial charge is 0.459 e. The molecule has 0 radical (unpaired) electrons. The van der Waals surface area contributed by atoms with E-state index in [0.717, 1.165) is 22.2 Å². The lowest BCUT2D eigenvalue weighted by Crippen LogP contribution is -2.27. The quantitative estimate of drug-likeness (QED) is 0.642. The molecule has 0 aliphatic heterocycles. The molecule has 2 aromatic carbocycles. The molecule has 0 saturated carbocycles. The van der Waals surface area contributed by atoms with Crippen molar-refractivity contribution in [2.75, 3.05) is 0 Å². The molecule has 0 atom stereocenters. The SMILES string of the molecule is CCc1ccc(-c2ccc(=O)n(CC(=O)OCc3ccccc3)n2)cc1. The van der Waals surface area contributed by atoms with Gasteiger partial charge in [0.2, 0.25) is 0 Å². The zero-order valence-electron chi connectivity index (χ0n) is 14.6. The minimum atomic E-state index is -0.498. The van der Waals surface area contributed by atoms with Crippen molar-refractivity contribution >= 4 is 5.97 Å². The van der Waals surface area contributed by atoms with Gasteiger partial charge in [-0.05, 0) is 23.6 Å². The average Bonchev–Trinajstić information content (AvgIpc) is 2.69. The van der Waals surface area contributed by atoms with Crippen LogP contribution in [0.25, 0.3) is 11.3 Å². The second-order valence-electron chi connectivity index (χ2n) is 5.91. The maximum Gasteiger partial charge on any atom is 0.328 e. The van der Waals surface area contributed by atoms with Gasteiger partial charge in [0.25, 0.3) is 5.56 Å². The van der Waals surface area contributed by atoms with Gasteiger partial charge >= 0.3 is 5.97 Å². The van der Waals surface area contributed by atoms with E-state index in [1.54, 1.807) is 6.07 Å². The number of ether oxygens (including phenoxy) is 1. The number of hydrogen-bond donors (Lipinski definition) is 0. The van der Waals surface area contributed by atoms with Crippen LogP contribution < -0.4 is 5.56 Å². The fraction of sp³-hybridized carbons (Fsp3) is 0.190. The van der Waals surface area contributed by atoms with Crippen LogP contribution in [0.15, 0.2) is 71.5 Å². The second kappa shape index (κ2) is 8.25. The van der Waals surface area contributed by atoms with Gasteiger partial charge in [-0.2, -0.15) is 5.10 Å². The maximum absolute atomic E-state index is 12.0. The lowest BCUT2D eigenvalue weighted by Gasteiger charge is -2.08. The summed E-state index contributed by atoms with van der Waals surface area (Å²) in [6.45, 7) is 2.05. The highest BCUT2D eigenvalue weighted by atomic mass is 16.5. The van der Waals surface area contributed by atoms with E-state index >= 15 is 0 Å². The van der Waals surface area contributed by atoms with Crippen molar-refractivity contribution in [3.05, 3.63) is 88.2 Å². The number of hydrogen-bond acceptors (Lipinski definition) is 4. The van der Waals surface area contributed by atoms with Gasteiger partial charge in [0.1, 0.15) is 13.2 Å². The first-order chi connectivity index (χ1) is 12.7. The van der Waals surface area contributed by atoms with Gasteiger partial charge in [0.15, 0.2) is 0 Å².